The smallest absolute Gasteiger partial charge is 0.305 e. The molecule has 0 saturated carbocycles. The Morgan fingerprint density at radius 2 is 1.77 bits per heavy atom. The van der Waals surface area contributed by atoms with Crippen LogP contribution in [0.4, 0.5) is 0 Å². The second kappa shape index (κ2) is 7.48. The Hall–Kier alpha value is -2.36. The van der Waals surface area contributed by atoms with Crippen molar-refractivity contribution in [2.24, 2.45) is 0 Å². The molecule has 2 N–H and O–H groups in total. The number of hydrazine groups is 1. The Morgan fingerprint density at radius 1 is 1.08 bits per heavy atom. The maximum Gasteiger partial charge on any atom is 0.305 e. The van der Waals surface area contributed by atoms with E-state index in [2.05, 4.69) is 10.9 Å². The van der Waals surface area contributed by atoms with Crippen molar-refractivity contribution in [3.63, 3.8) is 0 Å². The van der Waals surface area contributed by atoms with Crippen LogP contribution in [0.25, 0.3) is 0 Å². The first kappa shape index (κ1) is 18.4. The molecule has 0 spiro atoms. The van der Waals surface area contributed by atoms with E-state index in [-0.39, 0.29) is 21.2 Å². The maximum absolute atomic E-state index is 12.6. The highest BCUT2D eigenvalue weighted by Gasteiger charge is 2.28. The van der Waals surface area contributed by atoms with Crippen LogP contribution in [0.2, 0.25) is 5.02 Å². The number of hydrogen-bond acceptors (Lipinski definition) is 5. The second-order valence-electron chi connectivity index (χ2n) is 5.64. The summed E-state index contributed by atoms with van der Waals surface area (Å²) in [6.07, 6.45) is 2.93. The van der Waals surface area contributed by atoms with Crippen molar-refractivity contribution in [1.82, 2.24) is 15.2 Å². The number of rotatable bonds is 4. The van der Waals surface area contributed by atoms with Crippen molar-refractivity contribution in [3.05, 3.63) is 52.9 Å². The number of hydrogen-bond donors (Lipinski definition) is 2. The molecule has 26 heavy (non-hydrogen) atoms. The molecule has 0 unspecified atom stereocenters. The molecule has 0 bridgehead atoms. The Balaban J connectivity index is 1.77. The SMILES string of the molecule is O=C(NNC(=O)c1cc(S(=O)(=O)N2CCCC2)ccc1Cl)c1ccco1. The van der Waals surface area contributed by atoms with E-state index in [0.717, 1.165) is 12.8 Å². The van der Waals surface area contributed by atoms with Gasteiger partial charge in [0.1, 0.15) is 0 Å². The summed E-state index contributed by atoms with van der Waals surface area (Å²) in [5.74, 6) is -1.38. The molecule has 1 fully saturated rings. The molecular weight excluding hydrogens is 382 g/mol. The van der Waals surface area contributed by atoms with E-state index >= 15 is 0 Å². The van der Waals surface area contributed by atoms with Gasteiger partial charge in [0.05, 0.1) is 21.7 Å². The van der Waals surface area contributed by atoms with Crippen LogP contribution in [-0.2, 0) is 10.0 Å². The predicted molar refractivity (Wildman–Crippen MR) is 93.1 cm³/mol. The van der Waals surface area contributed by atoms with Gasteiger partial charge in [0.15, 0.2) is 5.76 Å². The minimum Gasteiger partial charge on any atom is -0.459 e. The van der Waals surface area contributed by atoms with E-state index in [1.54, 1.807) is 0 Å². The van der Waals surface area contributed by atoms with Crippen molar-refractivity contribution < 1.29 is 22.4 Å². The number of amides is 2. The van der Waals surface area contributed by atoms with Gasteiger partial charge in [-0.05, 0) is 43.2 Å². The molecule has 10 heteroatoms. The van der Waals surface area contributed by atoms with Crippen molar-refractivity contribution >= 4 is 33.4 Å². The van der Waals surface area contributed by atoms with E-state index in [4.69, 9.17) is 16.0 Å². The lowest BCUT2D eigenvalue weighted by atomic mass is 10.2. The molecule has 0 atom stereocenters. The minimum atomic E-state index is -3.69. The predicted octanol–water partition coefficient (Wildman–Crippen LogP) is 1.79. The molecule has 0 radical (unpaired) electrons. The van der Waals surface area contributed by atoms with E-state index < -0.39 is 21.8 Å². The van der Waals surface area contributed by atoms with Crippen LogP contribution in [0, 0.1) is 0 Å². The molecular formula is C16H16ClN3O5S. The highest BCUT2D eigenvalue weighted by molar-refractivity contribution is 7.89. The lowest BCUT2D eigenvalue weighted by molar-refractivity contribution is 0.0831. The number of sulfonamides is 1. The fraction of sp³-hybridized carbons (Fsp3) is 0.250. The third-order valence-corrected chi connectivity index (χ3v) is 6.14. The Morgan fingerprint density at radius 3 is 2.42 bits per heavy atom. The van der Waals surface area contributed by atoms with Crippen molar-refractivity contribution in [3.8, 4) is 0 Å². The zero-order valence-corrected chi connectivity index (χ0v) is 15.1. The lowest BCUT2D eigenvalue weighted by Gasteiger charge is -2.16. The molecule has 138 valence electrons. The number of furan rings is 1. The monoisotopic (exact) mass is 397 g/mol. The number of carbonyl (C=O) groups excluding carboxylic acids is 2. The van der Waals surface area contributed by atoms with E-state index in [1.807, 2.05) is 0 Å². The van der Waals surface area contributed by atoms with Crippen molar-refractivity contribution in [2.75, 3.05) is 13.1 Å². The normalized spacial score (nSPS) is 15.0. The summed E-state index contributed by atoms with van der Waals surface area (Å²) in [6.45, 7) is 0.900. The van der Waals surface area contributed by atoms with Gasteiger partial charge in [-0.1, -0.05) is 11.6 Å². The van der Waals surface area contributed by atoms with Gasteiger partial charge in [0, 0.05) is 13.1 Å². The third kappa shape index (κ3) is 3.74. The first-order valence-electron chi connectivity index (χ1n) is 7.83. The summed E-state index contributed by atoms with van der Waals surface area (Å²) in [5.41, 5.74) is 4.29. The van der Waals surface area contributed by atoms with Crippen molar-refractivity contribution in [1.29, 1.82) is 0 Å². The highest BCUT2D eigenvalue weighted by Crippen LogP contribution is 2.25. The summed E-state index contributed by atoms with van der Waals surface area (Å²) in [5, 5.41) is 0.0649. The lowest BCUT2D eigenvalue weighted by Crippen LogP contribution is -2.41. The number of nitrogens with zero attached hydrogens (tertiary/aromatic N) is 1. The summed E-state index contributed by atoms with van der Waals surface area (Å²) in [6, 6.07) is 6.85. The van der Waals surface area contributed by atoms with Gasteiger partial charge >= 0.3 is 5.91 Å². The largest absolute Gasteiger partial charge is 0.459 e. The van der Waals surface area contributed by atoms with Gasteiger partial charge in [-0.3, -0.25) is 20.4 Å². The summed E-state index contributed by atoms with van der Waals surface area (Å²) in [4.78, 5) is 24.0. The van der Waals surface area contributed by atoms with Crippen LogP contribution < -0.4 is 10.9 Å². The maximum atomic E-state index is 12.6. The highest BCUT2D eigenvalue weighted by atomic mass is 35.5. The number of nitrogens with one attached hydrogen (secondary N) is 2. The quantitative estimate of drug-likeness (QED) is 0.764. The molecule has 2 amide bonds. The molecule has 2 heterocycles. The van der Waals surface area contributed by atoms with Crippen molar-refractivity contribution in [2.45, 2.75) is 17.7 Å². The van der Waals surface area contributed by atoms with Crippen LogP contribution in [0.3, 0.4) is 0 Å². The topological polar surface area (TPSA) is 109 Å². The first-order valence-corrected chi connectivity index (χ1v) is 9.65. The Bertz CT molecular complexity index is 921. The number of benzene rings is 1. The van der Waals surface area contributed by atoms with E-state index in [9.17, 15) is 18.0 Å². The van der Waals surface area contributed by atoms with Gasteiger partial charge in [0.2, 0.25) is 10.0 Å². The zero-order valence-electron chi connectivity index (χ0n) is 13.6. The zero-order chi connectivity index (χ0) is 18.7. The van der Waals surface area contributed by atoms with Crippen LogP contribution in [0.15, 0.2) is 45.9 Å². The fourth-order valence-electron chi connectivity index (χ4n) is 2.57. The number of halogens is 1. The molecule has 3 rings (SSSR count). The van der Waals surface area contributed by atoms with Gasteiger partial charge in [-0.25, -0.2) is 8.42 Å². The molecule has 2 aromatic rings. The van der Waals surface area contributed by atoms with Gasteiger partial charge in [-0.2, -0.15) is 4.31 Å². The molecule has 1 aromatic carbocycles. The standard InChI is InChI=1S/C16H16ClN3O5S/c17-13-6-5-11(26(23,24)20-7-1-2-8-20)10-12(13)15(21)18-19-16(22)14-4-3-9-25-14/h3-6,9-10H,1-2,7-8H2,(H,18,21)(H,19,22). The average molecular weight is 398 g/mol. The average Bonchev–Trinajstić information content (AvgIpc) is 3.33. The van der Waals surface area contributed by atoms with Crippen LogP contribution >= 0.6 is 11.6 Å². The second-order valence-corrected chi connectivity index (χ2v) is 7.98. The van der Waals surface area contributed by atoms with Crippen LogP contribution in [0.1, 0.15) is 33.8 Å². The van der Waals surface area contributed by atoms with E-state index in [1.165, 1.54) is 40.9 Å². The molecule has 8 nitrogen and oxygen atoms in total. The van der Waals surface area contributed by atoms with E-state index in [0.29, 0.717) is 13.1 Å². The summed E-state index contributed by atoms with van der Waals surface area (Å²) >= 11 is 6.02. The van der Waals surface area contributed by atoms with Crippen LogP contribution in [0.5, 0.6) is 0 Å². The molecule has 1 saturated heterocycles. The molecule has 1 aromatic heterocycles. The summed E-state index contributed by atoms with van der Waals surface area (Å²) < 4.78 is 31.5. The fourth-order valence-corrected chi connectivity index (χ4v) is 4.31. The molecule has 0 aliphatic carbocycles. The summed E-state index contributed by atoms with van der Waals surface area (Å²) in [7, 11) is -3.69. The third-order valence-electron chi connectivity index (χ3n) is 3.92. The van der Waals surface area contributed by atoms with Gasteiger partial charge < -0.3 is 4.42 Å². The van der Waals surface area contributed by atoms with Gasteiger partial charge in [0.25, 0.3) is 5.91 Å². The van der Waals surface area contributed by atoms with Gasteiger partial charge in [-0.15, -0.1) is 0 Å². The first-order chi connectivity index (χ1) is 12.4. The molecule has 1 aliphatic rings. The minimum absolute atomic E-state index is 0.0155. The Kier molecular flexibility index (Phi) is 5.30. The Labute approximate surface area is 155 Å². The molecule has 1 aliphatic heterocycles. The number of carbonyl (C=O) groups is 2. The van der Waals surface area contributed by atoms with Crippen LogP contribution in [-0.4, -0.2) is 37.6 Å².